The first-order chi connectivity index (χ1) is 11.5. The van der Waals surface area contributed by atoms with Gasteiger partial charge in [-0.05, 0) is 31.5 Å². The Kier molecular flexibility index (Phi) is 6.62. The van der Waals surface area contributed by atoms with E-state index in [1.807, 2.05) is 0 Å². The topological polar surface area (TPSA) is 70.7 Å². The number of amides is 2. The van der Waals surface area contributed by atoms with E-state index in [4.69, 9.17) is 4.74 Å². The Labute approximate surface area is 139 Å². The molecule has 1 aromatic carbocycles. The molecule has 0 aliphatic carbocycles. The summed E-state index contributed by atoms with van der Waals surface area (Å²) in [7, 11) is 1.62. The van der Waals surface area contributed by atoms with Crippen molar-refractivity contribution < 1.29 is 23.1 Å². The van der Waals surface area contributed by atoms with Crippen LogP contribution >= 0.6 is 0 Å². The first-order valence-corrected chi connectivity index (χ1v) is 7.78. The highest BCUT2D eigenvalue weighted by atomic mass is 19.2. The second-order valence-electron chi connectivity index (χ2n) is 5.66. The second-order valence-corrected chi connectivity index (χ2v) is 5.66. The molecule has 1 aromatic rings. The lowest BCUT2D eigenvalue weighted by Crippen LogP contribution is -2.50. The summed E-state index contributed by atoms with van der Waals surface area (Å²) < 4.78 is 31.6. The minimum atomic E-state index is -1.19. The van der Waals surface area contributed by atoms with Crippen LogP contribution in [-0.2, 0) is 14.3 Å². The Hall–Kier alpha value is -2.06. The number of carbonyl (C=O) groups excluding carboxylic acids is 2. The zero-order valence-corrected chi connectivity index (χ0v) is 13.5. The van der Waals surface area contributed by atoms with Gasteiger partial charge in [0.2, 0.25) is 0 Å². The summed E-state index contributed by atoms with van der Waals surface area (Å²) in [5, 5.41) is 4.72. The van der Waals surface area contributed by atoms with Crippen LogP contribution in [0.4, 0.5) is 14.5 Å². The molecule has 1 fully saturated rings. The molecule has 8 heteroatoms. The molecule has 0 unspecified atom stereocenters. The average molecular weight is 341 g/mol. The van der Waals surface area contributed by atoms with Crippen molar-refractivity contribution >= 4 is 17.5 Å². The fourth-order valence-electron chi connectivity index (χ4n) is 2.63. The van der Waals surface area contributed by atoms with Crippen molar-refractivity contribution in [2.45, 2.75) is 18.9 Å². The average Bonchev–Trinajstić information content (AvgIpc) is 2.57. The minimum absolute atomic E-state index is 0.161. The predicted octanol–water partition coefficient (Wildman–Crippen LogP) is 1.13. The van der Waals surface area contributed by atoms with Crippen LogP contribution in [0.15, 0.2) is 18.2 Å². The van der Waals surface area contributed by atoms with Gasteiger partial charge in [0.15, 0.2) is 11.6 Å². The van der Waals surface area contributed by atoms with Crippen LogP contribution in [0.5, 0.6) is 0 Å². The van der Waals surface area contributed by atoms with Crippen LogP contribution in [0.1, 0.15) is 12.8 Å². The Morgan fingerprint density at radius 2 is 2.12 bits per heavy atom. The van der Waals surface area contributed by atoms with E-state index in [1.165, 1.54) is 12.1 Å². The number of anilines is 1. The summed E-state index contributed by atoms with van der Waals surface area (Å²) in [5.41, 5.74) is -0.361. The molecule has 1 aliphatic rings. The highest BCUT2D eigenvalue weighted by Crippen LogP contribution is 2.16. The monoisotopic (exact) mass is 341 g/mol. The van der Waals surface area contributed by atoms with E-state index in [0.717, 1.165) is 32.0 Å². The summed E-state index contributed by atoms with van der Waals surface area (Å²) in [4.78, 5) is 25.9. The van der Waals surface area contributed by atoms with Crippen LogP contribution in [-0.4, -0.2) is 56.1 Å². The van der Waals surface area contributed by atoms with E-state index in [2.05, 4.69) is 15.5 Å². The number of halogens is 2. The number of hydrogen-bond donors (Lipinski definition) is 2. The first-order valence-electron chi connectivity index (χ1n) is 7.78. The largest absolute Gasteiger partial charge is 0.383 e. The molecule has 0 radical (unpaired) electrons. The molecule has 1 heterocycles. The van der Waals surface area contributed by atoms with Crippen LogP contribution in [0.2, 0.25) is 0 Å². The van der Waals surface area contributed by atoms with Gasteiger partial charge in [0.25, 0.3) is 0 Å². The van der Waals surface area contributed by atoms with Gasteiger partial charge in [-0.1, -0.05) is 6.07 Å². The molecule has 0 aromatic heterocycles. The fraction of sp³-hybridized carbons (Fsp3) is 0.500. The highest BCUT2D eigenvalue weighted by molar-refractivity contribution is 6.39. The van der Waals surface area contributed by atoms with E-state index < -0.39 is 23.4 Å². The van der Waals surface area contributed by atoms with E-state index in [9.17, 15) is 18.4 Å². The lowest BCUT2D eigenvalue weighted by atomic mass is 10.1. The summed E-state index contributed by atoms with van der Waals surface area (Å²) >= 11 is 0. The predicted molar refractivity (Wildman–Crippen MR) is 84.5 cm³/mol. The van der Waals surface area contributed by atoms with Gasteiger partial charge in [-0.2, -0.15) is 0 Å². The van der Waals surface area contributed by atoms with Gasteiger partial charge in [-0.3, -0.25) is 14.5 Å². The van der Waals surface area contributed by atoms with Gasteiger partial charge in [0.1, 0.15) is 0 Å². The molecule has 2 rings (SSSR count). The van der Waals surface area contributed by atoms with Gasteiger partial charge in [-0.25, -0.2) is 8.78 Å². The summed E-state index contributed by atoms with van der Waals surface area (Å²) in [6.45, 7) is 2.89. The molecule has 1 atom stereocenters. The third-order valence-electron chi connectivity index (χ3n) is 3.86. The van der Waals surface area contributed by atoms with Crippen molar-refractivity contribution in [1.29, 1.82) is 0 Å². The van der Waals surface area contributed by atoms with Crippen molar-refractivity contribution in [3.05, 3.63) is 29.8 Å². The van der Waals surface area contributed by atoms with Crippen LogP contribution < -0.4 is 10.6 Å². The molecule has 2 amide bonds. The quantitative estimate of drug-likeness (QED) is 0.788. The Bertz CT molecular complexity index is 598. The second kappa shape index (κ2) is 8.70. The van der Waals surface area contributed by atoms with E-state index in [0.29, 0.717) is 13.2 Å². The number of nitrogens with zero attached hydrogens (tertiary/aromatic N) is 1. The first kappa shape index (κ1) is 18.3. The maximum absolute atomic E-state index is 13.5. The normalized spacial score (nSPS) is 18.2. The summed E-state index contributed by atoms with van der Waals surface area (Å²) in [6, 6.07) is 3.21. The van der Waals surface area contributed by atoms with Crippen molar-refractivity contribution in [3.63, 3.8) is 0 Å². The smallest absolute Gasteiger partial charge is 0.313 e. The summed E-state index contributed by atoms with van der Waals surface area (Å²) in [6.07, 6.45) is 1.66. The van der Waals surface area contributed by atoms with Crippen LogP contribution in [0.3, 0.4) is 0 Å². The minimum Gasteiger partial charge on any atom is -0.383 e. The number of nitrogens with one attached hydrogen (secondary N) is 2. The molecule has 0 bridgehead atoms. The zero-order chi connectivity index (χ0) is 17.5. The lowest BCUT2D eigenvalue weighted by Gasteiger charge is -2.32. The Morgan fingerprint density at radius 3 is 2.88 bits per heavy atom. The van der Waals surface area contributed by atoms with Crippen molar-refractivity contribution in [3.8, 4) is 0 Å². The molecular weight excluding hydrogens is 320 g/mol. The van der Waals surface area contributed by atoms with E-state index in [1.54, 1.807) is 7.11 Å². The number of hydrogen-bond acceptors (Lipinski definition) is 4. The Morgan fingerprint density at radius 1 is 1.33 bits per heavy atom. The van der Waals surface area contributed by atoms with E-state index >= 15 is 0 Å². The molecular formula is C16H21F2N3O3. The number of ether oxygens (including phenoxy) is 1. The number of methoxy groups -OCH3 is 1. The van der Waals surface area contributed by atoms with E-state index in [-0.39, 0.29) is 11.7 Å². The number of benzene rings is 1. The standard InChI is InChI=1S/C16H21F2N3O3/c1-24-9-8-21-7-3-4-11(10-21)19-15(22)16(23)20-13-6-2-5-12(17)14(13)18/h2,5-6,11H,3-4,7-10H2,1H3,(H,19,22)(H,20,23)/t11-/m0/s1. The molecule has 0 saturated carbocycles. The van der Waals surface area contributed by atoms with Gasteiger partial charge >= 0.3 is 11.8 Å². The molecule has 6 nitrogen and oxygen atoms in total. The molecule has 1 aliphatic heterocycles. The lowest BCUT2D eigenvalue weighted by molar-refractivity contribution is -0.136. The molecule has 0 spiro atoms. The van der Waals surface area contributed by atoms with Gasteiger partial charge in [-0.15, -0.1) is 0 Å². The number of rotatable bonds is 5. The highest BCUT2D eigenvalue weighted by Gasteiger charge is 2.24. The summed E-state index contributed by atoms with van der Waals surface area (Å²) in [5.74, 6) is -4.16. The van der Waals surface area contributed by atoms with Crippen molar-refractivity contribution in [1.82, 2.24) is 10.2 Å². The third-order valence-corrected chi connectivity index (χ3v) is 3.86. The van der Waals surface area contributed by atoms with Crippen molar-refractivity contribution in [2.75, 3.05) is 38.7 Å². The molecule has 24 heavy (non-hydrogen) atoms. The fourth-order valence-corrected chi connectivity index (χ4v) is 2.63. The SMILES string of the molecule is COCCN1CCC[C@H](NC(=O)C(=O)Nc2cccc(F)c2F)C1. The third kappa shape index (κ3) is 4.97. The zero-order valence-electron chi connectivity index (χ0n) is 13.5. The van der Waals surface area contributed by atoms with Crippen molar-refractivity contribution in [2.24, 2.45) is 0 Å². The number of piperidine rings is 1. The molecule has 2 N–H and O–H groups in total. The Balaban J connectivity index is 1.87. The van der Waals surface area contributed by atoms with Gasteiger partial charge < -0.3 is 15.4 Å². The van der Waals surface area contributed by atoms with Crippen LogP contribution in [0.25, 0.3) is 0 Å². The molecule has 1 saturated heterocycles. The number of carbonyl (C=O) groups is 2. The van der Waals surface area contributed by atoms with Crippen LogP contribution in [0, 0.1) is 11.6 Å². The molecule has 132 valence electrons. The number of likely N-dealkylation sites (tertiary alicyclic amines) is 1. The maximum Gasteiger partial charge on any atom is 0.313 e. The maximum atomic E-state index is 13.5. The van der Waals surface area contributed by atoms with Gasteiger partial charge in [0.05, 0.1) is 12.3 Å². The van der Waals surface area contributed by atoms with Gasteiger partial charge in [0, 0.05) is 26.2 Å².